The van der Waals surface area contributed by atoms with Gasteiger partial charge in [-0.1, -0.05) is 36.4 Å². The first-order valence-corrected chi connectivity index (χ1v) is 8.06. The first-order chi connectivity index (χ1) is 13.0. The monoisotopic (exact) mass is 364 g/mol. The topological polar surface area (TPSA) is 119 Å². The fourth-order valence-electron chi connectivity index (χ4n) is 2.60. The third-order valence-electron chi connectivity index (χ3n) is 4.04. The van der Waals surface area contributed by atoms with Crippen molar-refractivity contribution < 1.29 is 19.8 Å². The Labute approximate surface area is 153 Å². The number of aromatic amines is 1. The van der Waals surface area contributed by atoms with Crippen molar-refractivity contribution in [3.05, 3.63) is 82.3 Å². The van der Waals surface area contributed by atoms with Crippen LogP contribution >= 0.6 is 0 Å². The molecule has 0 fully saturated rings. The molecule has 0 aliphatic heterocycles. The summed E-state index contributed by atoms with van der Waals surface area (Å²) in [6, 6.07) is 13.3. The zero-order chi connectivity index (χ0) is 19.4. The highest BCUT2D eigenvalue weighted by Gasteiger charge is 2.18. The molecule has 136 valence electrons. The second-order valence-corrected chi connectivity index (χ2v) is 5.83. The number of aromatic hydroxyl groups is 2. The van der Waals surface area contributed by atoms with Crippen LogP contribution in [-0.2, 0) is 4.79 Å². The van der Waals surface area contributed by atoms with Gasteiger partial charge in [-0.2, -0.15) is 0 Å². The fraction of sp³-hybridized carbons (Fsp3) is 0.0500. The molecule has 1 aromatic heterocycles. The van der Waals surface area contributed by atoms with Crippen molar-refractivity contribution >= 4 is 12.2 Å². The van der Waals surface area contributed by atoms with Gasteiger partial charge in [-0.25, -0.2) is 0 Å². The summed E-state index contributed by atoms with van der Waals surface area (Å²) in [5.41, 5.74) is 0.750. The number of aromatic nitrogens is 1. The van der Waals surface area contributed by atoms with E-state index in [0.29, 0.717) is 23.0 Å². The number of carbonyl (C=O) groups excluding carboxylic acids is 2. The lowest BCUT2D eigenvalue weighted by Crippen LogP contribution is -2.33. The van der Waals surface area contributed by atoms with Crippen LogP contribution in [0.1, 0.15) is 22.0 Å². The van der Waals surface area contributed by atoms with Gasteiger partial charge in [0.2, 0.25) is 0 Å². The van der Waals surface area contributed by atoms with Gasteiger partial charge in [0.25, 0.3) is 11.5 Å². The fourth-order valence-corrected chi connectivity index (χ4v) is 2.60. The van der Waals surface area contributed by atoms with Gasteiger partial charge in [-0.15, -0.1) is 0 Å². The van der Waals surface area contributed by atoms with Crippen LogP contribution < -0.4 is 10.9 Å². The van der Waals surface area contributed by atoms with E-state index < -0.39 is 17.5 Å². The van der Waals surface area contributed by atoms with E-state index in [4.69, 9.17) is 0 Å². The number of benzene rings is 2. The summed E-state index contributed by atoms with van der Waals surface area (Å²) in [5.74, 6) is -1.31. The van der Waals surface area contributed by atoms with Crippen molar-refractivity contribution in [2.75, 3.05) is 0 Å². The number of amides is 1. The van der Waals surface area contributed by atoms with E-state index in [-0.39, 0.29) is 17.1 Å². The summed E-state index contributed by atoms with van der Waals surface area (Å²) < 4.78 is 0. The number of aldehydes is 1. The summed E-state index contributed by atoms with van der Waals surface area (Å²) in [6.07, 6.45) is 1.97. The Balaban J connectivity index is 1.91. The summed E-state index contributed by atoms with van der Waals surface area (Å²) in [5, 5.41) is 21.6. The van der Waals surface area contributed by atoms with E-state index in [1.54, 1.807) is 30.3 Å². The summed E-state index contributed by atoms with van der Waals surface area (Å²) in [6.45, 7) is 0. The molecule has 7 nitrogen and oxygen atoms in total. The maximum Gasteiger partial charge on any atom is 0.260 e. The van der Waals surface area contributed by atoms with Crippen LogP contribution in [0.5, 0.6) is 11.5 Å². The molecule has 0 spiro atoms. The molecule has 0 saturated heterocycles. The standard InChI is InChI=1S/C20H16N2O5/c23-11-16(12-4-2-1-3-5-12)22-20(27)15-8-14(10-21-19(15)26)13-6-7-17(24)18(25)9-13/h1-11,16,24-25H,(H,21,26)(H,22,27). The summed E-state index contributed by atoms with van der Waals surface area (Å²) in [7, 11) is 0. The number of hydrogen-bond acceptors (Lipinski definition) is 5. The van der Waals surface area contributed by atoms with Gasteiger partial charge in [0.05, 0.1) is 0 Å². The van der Waals surface area contributed by atoms with Crippen LogP contribution in [0.2, 0.25) is 0 Å². The molecule has 2 aromatic carbocycles. The highest BCUT2D eigenvalue weighted by molar-refractivity contribution is 5.96. The smallest absolute Gasteiger partial charge is 0.260 e. The number of rotatable bonds is 5. The maximum atomic E-state index is 12.5. The maximum absolute atomic E-state index is 12.5. The van der Waals surface area contributed by atoms with Gasteiger partial charge in [-0.3, -0.25) is 9.59 Å². The first-order valence-electron chi connectivity index (χ1n) is 8.06. The number of phenolic OH excluding ortho intramolecular Hbond substituents is 2. The molecule has 1 amide bonds. The Kier molecular flexibility index (Phi) is 5.03. The van der Waals surface area contributed by atoms with Crippen LogP contribution in [0.3, 0.4) is 0 Å². The van der Waals surface area contributed by atoms with E-state index in [0.717, 1.165) is 0 Å². The van der Waals surface area contributed by atoms with Crippen LogP contribution in [-0.4, -0.2) is 27.4 Å². The number of carbonyl (C=O) groups is 2. The third kappa shape index (κ3) is 3.87. The van der Waals surface area contributed by atoms with Crippen molar-refractivity contribution in [1.82, 2.24) is 10.3 Å². The molecular weight excluding hydrogens is 348 g/mol. The average Bonchev–Trinajstić information content (AvgIpc) is 2.69. The largest absolute Gasteiger partial charge is 0.504 e. The number of H-pyrrole nitrogens is 1. The minimum Gasteiger partial charge on any atom is -0.504 e. The number of hydrogen-bond donors (Lipinski definition) is 4. The van der Waals surface area contributed by atoms with E-state index in [9.17, 15) is 24.6 Å². The Morgan fingerprint density at radius 2 is 1.74 bits per heavy atom. The minimum atomic E-state index is -0.889. The van der Waals surface area contributed by atoms with Crippen molar-refractivity contribution in [2.45, 2.75) is 6.04 Å². The molecule has 7 heteroatoms. The second kappa shape index (κ2) is 7.57. The van der Waals surface area contributed by atoms with Crippen LogP contribution in [0.15, 0.2) is 65.6 Å². The lowest BCUT2D eigenvalue weighted by molar-refractivity contribution is -0.109. The van der Waals surface area contributed by atoms with Crippen LogP contribution in [0.25, 0.3) is 11.1 Å². The number of nitrogens with one attached hydrogen (secondary N) is 2. The quantitative estimate of drug-likeness (QED) is 0.408. The summed E-state index contributed by atoms with van der Waals surface area (Å²) >= 11 is 0. The van der Waals surface area contributed by atoms with E-state index in [1.807, 2.05) is 0 Å². The normalized spacial score (nSPS) is 11.6. The van der Waals surface area contributed by atoms with Gasteiger partial charge in [0.1, 0.15) is 17.9 Å². The second-order valence-electron chi connectivity index (χ2n) is 5.83. The molecule has 0 saturated carbocycles. The Bertz CT molecular complexity index is 1040. The van der Waals surface area contributed by atoms with Gasteiger partial charge >= 0.3 is 0 Å². The third-order valence-corrected chi connectivity index (χ3v) is 4.04. The van der Waals surface area contributed by atoms with Crippen molar-refractivity contribution in [3.63, 3.8) is 0 Å². The highest BCUT2D eigenvalue weighted by atomic mass is 16.3. The average molecular weight is 364 g/mol. The first kappa shape index (κ1) is 17.9. The molecule has 4 N–H and O–H groups in total. The van der Waals surface area contributed by atoms with E-state index in [2.05, 4.69) is 10.3 Å². The highest BCUT2D eigenvalue weighted by Crippen LogP contribution is 2.30. The van der Waals surface area contributed by atoms with Crippen molar-refractivity contribution in [2.24, 2.45) is 0 Å². The number of phenols is 2. The van der Waals surface area contributed by atoms with Crippen LogP contribution in [0, 0.1) is 0 Å². The summed E-state index contributed by atoms with van der Waals surface area (Å²) in [4.78, 5) is 38.4. The van der Waals surface area contributed by atoms with Gasteiger partial charge in [0.15, 0.2) is 11.5 Å². The molecule has 0 radical (unpaired) electrons. The van der Waals surface area contributed by atoms with Gasteiger partial charge in [-0.05, 0) is 34.9 Å². The zero-order valence-electron chi connectivity index (χ0n) is 14.0. The van der Waals surface area contributed by atoms with Crippen molar-refractivity contribution in [1.29, 1.82) is 0 Å². The molecule has 0 aliphatic rings. The molecule has 3 aromatic rings. The number of pyridine rings is 1. The van der Waals surface area contributed by atoms with Gasteiger partial charge < -0.3 is 25.3 Å². The predicted molar refractivity (Wildman–Crippen MR) is 98.5 cm³/mol. The minimum absolute atomic E-state index is 0.178. The van der Waals surface area contributed by atoms with Crippen LogP contribution in [0.4, 0.5) is 0 Å². The van der Waals surface area contributed by atoms with E-state index in [1.165, 1.54) is 30.5 Å². The molecule has 0 bridgehead atoms. The zero-order valence-corrected chi connectivity index (χ0v) is 14.0. The van der Waals surface area contributed by atoms with Crippen molar-refractivity contribution in [3.8, 4) is 22.6 Å². The molecule has 1 atom stereocenters. The molecule has 1 unspecified atom stereocenters. The Hall–Kier alpha value is -3.87. The van der Waals surface area contributed by atoms with E-state index >= 15 is 0 Å². The molecule has 3 rings (SSSR count). The Morgan fingerprint density at radius 1 is 1.00 bits per heavy atom. The Morgan fingerprint density at radius 3 is 2.41 bits per heavy atom. The SMILES string of the molecule is O=CC(NC(=O)c1cc(-c2ccc(O)c(O)c2)c[nH]c1=O)c1ccccc1. The molecule has 27 heavy (non-hydrogen) atoms. The molecule has 1 heterocycles. The van der Waals surface area contributed by atoms with Gasteiger partial charge in [0, 0.05) is 6.20 Å². The lowest BCUT2D eigenvalue weighted by Gasteiger charge is -2.13. The predicted octanol–water partition coefficient (Wildman–Crippen LogP) is 2.12. The molecule has 0 aliphatic carbocycles. The molecular formula is C20H16N2O5. The lowest BCUT2D eigenvalue weighted by atomic mass is 10.0.